The number of thiophene rings is 2. The molecular weight excluding hydrogens is 867 g/mol. The van der Waals surface area contributed by atoms with Gasteiger partial charge in [-0.05, 0) is 90.0 Å². The minimum atomic E-state index is 0. The van der Waals surface area contributed by atoms with Crippen molar-refractivity contribution in [3.63, 3.8) is 0 Å². The van der Waals surface area contributed by atoms with Gasteiger partial charge in [0.1, 0.15) is 0 Å². The zero-order chi connectivity index (χ0) is 37.7. The predicted molar refractivity (Wildman–Crippen MR) is 228 cm³/mol. The average molecular weight is 923 g/mol. The molecule has 0 aliphatic carbocycles. The normalized spacial score (nSPS) is 12.2. The third-order valence-electron chi connectivity index (χ3n) is 10.3. The summed E-state index contributed by atoms with van der Waals surface area (Å²) in [6.45, 7) is 21.8. The number of aliphatic hydroxyl groups is 1. The molecule has 0 spiro atoms. The third-order valence-corrected chi connectivity index (χ3v) is 12.5. The molecule has 0 bridgehead atoms. The summed E-state index contributed by atoms with van der Waals surface area (Å²) in [5, 5.41) is 15.7. The predicted octanol–water partition coefficient (Wildman–Crippen LogP) is 14.5. The summed E-state index contributed by atoms with van der Waals surface area (Å²) >= 11 is 3.73. The van der Waals surface area contributed by atoms with Gasteiger partial charge in [0.15, 0.2) is 5.78 Å². The number of allylic oxidation sites excluding steroid dienone is 2. The maximum atomic E-state index is 11.7. The topological polar surface area (TPSA) is 50.2 Å². The van der Waals surface area contributed by atoms with Gasteiger partial charge in [-0.2, -0.15) is 0 Å². The van der Waals surface area contributed by atoms with Crippen LogP contribution < -0.4 is 0 Å². The molecule has 0 amide bonds. The molecule has 0 aliphatic heterocycles. The van der Waals surface area contributed by atoms with Crippen LogP contribution in [0.15, 0.2) is 77.9 Å². The molecule has 0 fully saturated rings. The van der Waals surface area contributed by atoms with Crippen molar-refractivity contribution < 1.29 is 30.0 Å². The fourth-order valence-electron chi connectivity index (χ4n) is 7.09. The third kappa shape index (κ3) is 9.75. The number of hydrogen-bond donors (Lipinski definition) is 1. The van der Waals surface area contributed by atoms with Gasteiger partial charge >= 0.3 is 0 Å². The molecule has 1 radical (unpaired) electrons. The van der Waals surface area contributed by atoms with E-state index in [2.05, 4.69) is 114 Å². The Bertz CT molecular complexity index is 2190. The van der Waals surface area contributed by atoms with E-state index in [0.717, 1.165) is 54.3 Å². The largest absolute Gasteiger partial charge is 0.512 e. The minimum absolute atomic E-state index is 0. The number of ketones is 1. The van der Waals surface area contributed by atoms with E-state index in [9.17, 15) is 9.90 Å². The van der Waals surface area contributed by atoms with Crippen LogP contribution >= 0.6 is 22.7 Å². The first-order valence-electron chi connectivity index (χ1n) is 19.1. The fourth-order valence-corrected chi connectivity index (χ4v) is 9.42. The first-order chi connectivity index (χ1) is 24.8. The number of benzene rings is 3. The van der Waals surface area contributed by atoms with Crippen LogP contribution in [0.25, 0.3) is 53.5 Å². The maximum Gasteiger partial charge on any atom is 0.162 e. The van der Waals surface area contributed by atoms with E-state index < -0.39 is 0 Å². The summed E-state index contributed by atoms with van der Waals surface area (Å²) in [6.07, 6.45) is 6.05. The van der Waals surface area contributed by atoms with Gasteiger partial charge in [0, 0.05) is 53.3 Å². The number of aromatic nitrogens is 1. The van der Waals surface area contributed by atoms with E-state index in [1.54, 1.807) is 11.3 Å². The van der Waals surface area contributed by atoms with E-state index >= 15 is 0 Å². The number of rotatable bonds is 11. The molecule has 0 atom stereocenters. The van der Waals surface area contributed by atoms with Crippen molar-refractivity contribution in [2.45, 2.75) is 107 Å². The standard InChI is InChI=1S/C34H32NS2.C13H24O2.Ir/c1-20(2)15-31-21(3)25-12-11-23(18-32(25)37-31)27-19-30(35-29-13-14-36-33(27)29)24-16-22-9-7-8-10-26(22)28(17-24)34(4,5)6;1-5-10(6-2)12(14)9-13(15)11(7-3)8-4;/h7-14,17-20H,15H2,1-6H3;9-11,14H,5-8H2,1-4H3;/q-1;;/b;12-9-;. The zero-order valence-electron chi connectivity index (χ0n) is 33.1. The number of pyridine rings is 1. The Morgan fingerprint density at radius 3 is 2.23 bits per heavy atom. The maximum absolute atomic E-state index is 11.7. The van der Waals surface area contributed by atoms with Crippen LogP contribution in [0.2, 0.25) is 0 Å². The van der Waals surface area contributed by atoms with Crippen LogP contribution in [0.4, 0.5) is 0 Å². The Hall–Kier alpha value is -3.15. The first-order valence-corrected chi connectivity index (χ1v) is 20.8. The molecular formula is C47H56IrNO2S2-. The number of nitrogens with zero attached hydrogens (tertiary/aromatic N) is 1. The summed E-state index contributed by atoms with van der Waals surface area (Å²) in [5.41, 5.74) is 8.42. The van der Waals surface area contributed by atoms with Gasteiger partial charge in [0.05, 0.1) is 16.0 Å². The monoisotopic (exact) mass is 923 g/mol. The smallest absolute Gasteiger partial charge is 0.162 e. The molecule has 0 aliphatic rings. The van der Waals surface area contributed by atoms with Crippen molar-refractivity contribution in [2.75, 3.05) is 0 Å². The molecule has 53 heavy (non-hydrogen) atoms. The first kappa shape index (κ1) is 42.6. The second kappa shape index (κ2) is 18.5. The van der Waals surface area contributed by atoms with Crippen molar-refractivity contribution in [3.05, 3.63) is 99.9 Å². The van der Waals surface area contributed by atoms with Gasteiger partial charge in [-0.15, -0.1) is 51.8 Å². The van der Waals surface area contributed by atoms with E-state index in [1.165, 1.54) is 53.4 Å². The molecule has 0 unspecified atom stereocenters. The van der Waals surface area contributed by atoms with Gasteiger partial charge in [-0.3, -0.25) is 9.78 Å². The summed E-state index contributed by atoms with van der Waals surface area (Å²) in [6, 6.07) is 26.0. The Morgan fingerprint density at radius 2 is 1.58 bits per heavy atom. The number of fused-ring (bicyclic) bond motifs is 3. The summed E-state index contributed by atoms with van der Waals surface area (Å²) in [4.78, 5) is 18.3. The van der Waals surface area contributed by atoms with Crippen molar-refractivity contribution in [1.82, 2.24) is 4.98 Å². The number of hydrogen-bond acceptors (Lipinski definition) is 5. The van der Waals surface area contributed by atoms with Gasteiger partial charge in [-0.1, -0.05) is 110 Å². The molecule has 0 saturated heterocycles. The molecule has 3 nitrogen and oxygen atoms in total. The summed E-state index contributed by atoms with van der Waals surface area (Å²) < 4.78 is 2.62. The minimum Gasteiger partial charge on any atom is -0.512 e. The van der Waals surface area contributed by atoms with Crippen molar-refractivity contribution in [2.24, 2.45) is 17.8 Å². The van der Waals surface area contributed by atoms with E-state index in [0.29, 0.717) is 5.92 Å². The number of carbonyl (C=O) groups is 1. The van der Waals surface area contributed by atoms with Crippen LogP contribution in [-0.4, -0.2) is 15.9 Å². The Morgan fingerprint density at radius 1 is 0.906 bits per heavy atom. The average Bonchev–Trinajstić information content (AvgIpc) is 3.71. The summed E-state index contributed by atoms with van der Waals surface area (Å²) in [5.74, 6) is 1.21. The fraction of sp³-hybridized carbons (Fsp3) is 0.404. The SMILES string of the molecule is CCC(CC)C(=O)/C=C(\O)C(CC)CC.Cc1c(CC(C)C)sc2cc(-c3cc(-c4[c-]c5ccccc5c(C(C)(C)C)c4)nc4ccsc34)ccc12.[Ir]. The molecule has 6 rings (SSSR count). The van der Waals surface area contributed by atoms with Crippen molar-refractivity contribution in [1.29, 1.82) is 0 Å². The molecule has 1 N–H and O–H groups in total. The molecule has 6 heteroatoms. The van der Waals surface area contributed by atoms with E-state index in [-0.39, 0.29) is 48.9 Å². The number of aliphatic hydroxyl groups excluding tert-OH is 1. The molecule has 3 aromatic heterocycles. The number of aryl methyl sites for hydroxylation is 1. The molecule has 6 aromatic rings. The Labute approximate surface area is 339 Å². The quantitative estimate of drug-likeness (QED) is 0.0800. The van der Waals surface area contributed by atoms with Crippen LogP contribution in [0.1, 0.15) is 104 Å². The number of carbonyl (C=O) groups excluding carboxylic acids is 1. The van der Waals surface area contributed by atoms with Crippen LogP contribution in [0, 0.1) is 30.7 Å². The van der Waals surface area contributed by atoms with Gasteiger partial charge in [0.2, 0.25) is 0 Å². The molecule has 3 heterocycles. The Balaban J connectivity index is 0.000000335. The van der Waals surface area contributed by atoms with Crippen LogP contribution in [0.5, 0.6) is 0 Å². The van der Waals surface area contributed by atoms with Gasteiger partial charge in [0.25, 0.3) is 0 Å². The second-order valence-corrected chi connectivity index (χ2v) is 17.6. The zero-order valence-corrected chi connectivity index (χ0v) is 37.2. The molecule has 3 aromatic carbocycles. The van der Waals surface area contributed by atoms with E-state index in [1.807, 2.05) is 39.0 Å². The van der Waals surface area contributed by atoms with Crippen LogP contribution in [0.3, 0.4) is 0 Å². The van der Waals surface area contributed by atoms with E-state index in [4.69, 9.17) is 4.98 Å². The molecule has 0 saturated carbocycles. The van der Waals surface area contributed by atoms with Crippen molar-refractivity contribution in [3.8, 4) is 22.4 Å². The summed E-state index contributed by atoms with van der Waals surface area (Å²) in [7, 11) is 0. The van der Waals surface area contributed by atoms with Crippen LogP contribution in [-0.2, 0) is 36.7 Å². The second-order valence-electron chi connectivity index (χ2n) is 15.5. The van der Waals surface area contributed by atoms with Gasteiger partial charge in [-0.25, -0.2) is 0 Å². The van der Waals surface area contributed by atoms with Crippen molar-refractivity contribution >= 4 is 59.5 Å². The molecule has 283 valence electrons. The van der Waals surface area contributed by atoms with Gasteiger partial charge < -0.3 is 5.11 Å². The Kier molecular flexibility index (Phi) is 14.8.